The van der Waals surface area contributed by atoms with Crippen LogP contribution in [0.25, 0.3) is 0 Å². The van der Waals surface area contributed by atoms with Crippen LogP contribution in [0.5, 0.6) is 11.6 Å². The van der Waals surface area contributed by atoms with Crippen molar-refractivity contribution in [3.8, 4) is 11.6 Å². The van der Waals surface area contributed by atoms with E-state index >= 15 is 0 Å². The Hall–Kier alpha value is -1.55. The van der Waals surface area contributed by atoms with Gasteiger partial charge in [0.15, 0.2) is 0 Å². The van der Waals surface area contributed by atoms with Crippen LogP contribution < -0.4 is 10.5 Å². The molecular weight excluding hydrogens is 268 g/mol. The number of hydrogen-bond acceptors (Lipinski definition) is 3. The van der Waals surface area contributed by atoms with Gasteiger partial charge in [-0.2, -0.15) is 0 Å². The van der Waals surface area contributed by atoms with Crippen molar-refractivity contribution < 1.29 is 4.74 Å². The van der Waals surface area contributed by atoms with E-state index in [-0.39, 0.29) is 0 Å². The van der Waals surface area contributed by atoms with E-state index in [9.17, 15) is 0 Å². The van der Waals surface area contributed by atoms with E-state index in [1.807, 2.05) is 31.2 Å². The summed E-state index contributed by atoms with van der Waals surface area (Å²) >= 11 is 3.30. The summed E-state index contributed by atoms with van der Waals surface area (Å²) in [6.07, 6.45) is 1.65. The average molecular weight is 279 g/mol. The van der Waals surface area contributed by atoms with E-state index in [1.54, 1.807) is 12.3 Å². The molecule has 0 aliphatic rings. The number of halogens is 1. The third-order valence-corrected chi connectivity index (χ3v) is 2.48. The van der Waals surface area contributed by atoms with Gasteiger partial charge in [-0.05, 0) is 46.6 Å². The van der Waals surface area contributed by atoms with Crippen LogP contribution in [-0.2, 0) is 0 Å². The highest BCUT2D eigenvalue weighted by atomic mass is 79.9. The zero-order valence-corrected chi connectivity index (χ0v) is 10.4. The summed E-state index contributed by atoms with van der Waals surface area (Å²) in [5.74, 6) is 1.16. The highest BCUT2D eigenvalue weighted by Gasteiger charge is 2.04. The van der Waals surface area contributed by atoms with Gasteiger partial charge < -0.3 is 10.5 Å². The maximum atomic E-state index is 5.79. The van der Waals surface area contributed by atoms with Crippen molar-refractivity contribution in [1.29, 1.82) is 0 Å². The minimum Gasteiger partial charge on any atom is -0.437 e. The second-order valence-electron chi connectivity index (χ2n) is 3.47. The molecule has 0 aliphatic carbocycles. The number of hydrogen-bond donors (Lipinski definition) is 1. The molecule has 16 heavy (non-hydrogen) atoms. The molecule has 0 saturated carbocycles. The molecule has 0 radical (unpaired) electrons. The van der Waals surface area contributed by atoms with Gasteiger partial charge in [-0.3, -0.25) is 0 Å². The van der Waals surface area contributed by atoms with Crippen molar-refractivity contribution in [1.82, 2.24) is 4.98 Å². The SMILES string of the molecule is Cc1cccc(Oc2ncc(Br)cc2N)c1. The van der Waals surface area contributed by atoms with Crippen LogP contribution in [-0.4, -0.2) is 4.98 Å². The largest absolute Gasteiger partial charge is 0.437 e. The van der Waals surface area contributed by atoms with Gasteiger partial charge in [-0.15, -0.1) is 0 Å². The van der Waals surface area contributed by atoms with E-state index in [4.69, 9.17) is 10.5 Å². The lowest BCUT2D eigenvalue weighted by molar-refractivity contribution is 0.465. The quantitative estimate of drug-likeness (QED) is 0.914. The molecule has 0 bridgehead atoms. The standard InChI is InChI=1S/C12H11BrN2O/c1-8-3-2-4-10(5-8)16-12-11(14)6-9(13)7-15-12/h2-7H,14H2,1H3. The Bertz CT molecular complexity index is 514. The smallest absolute Gasteiger partial charge is 0.242 e. The lowest BCUT2D eigenvalue weighted by Crippen LogP contribution is -1.94. The summed E-state index contributed by atoms with van der Waals surface area (Å²) in [6.45, 7) is 2.01. The molecular formula is C12H11BrN2O. The lowest BCUT2D eigenvalue weighted by atomic mass is 10.2. The number of anilines is 1. The number of nitrogens with zero attached hydrogens (tertiary/aromatic N) is 1. The average Bonchev–Trinajstić information content (AvgIpc) is 2.22. The molecule has 2 rings (SSSR count). The Morgan fingerprint density at radius 1 is 1.31 bits per heavy atom. The molecule has 0 unspecified atom stereocenters. The predicted octanol–water partition coefficient (Wildman–Crippen LogP) is 3.53. The van der Waals surface area contributed by atoms with Crippen LogP contribution in [0.2, 0.25) is 0 Å². The summed E-state index contributed by atoms with van der Waals surface area (Å²) in [6, 6.07) is 9.50. The number of benzene rings is 1. The van der Waals surface area contributed by atoms with Crippen molar-refractivity contribution in [2.75, 3.05) is 5.73 Å². The molecule has 0 atom stereocenters. The van der Waals surface area contributed by atoms with E-state index < -0.39 is 0 Å². The maximum Gasteiger partial charge on any atom is 0.242 e. The van der Waals surface area contributed by atoms with Crippen LogP contribution in [0.15, 0.2) is 41.0 Å². The summed E-state index contributed by atoms with van der Waals surface area (Å²) < 4.78 is 6.42. The lowest BCUT2D eigenvalue weighted by Gasteiger charge is -2.07. The zero-order valence-electron chi connectivity index (χ0n) is 8.77. The molecule has 0 spiro atoms. The predicted molar refractivity (Wildman–Crippen MR) is 67.6 cm³/mol. The number of nitrogens with two attached hydrogens (primary N) is 1. The zero-order chi connectivity index (χ0) is 11.5. The molecule has 0 aliphatic heterocycles. The molecule has 0 saturated heterocycles. The molecule has 0 fully saturated rings. The van der Waals surface area contributed by atoms with Crippen molar-refractivity contribution in [3.63, 3.8) is 0 Å². The minimum absolute atomic E-state index is 0.425. The number of rotatable bonds is 2. The van der Waals surface area contributed by atoms with Crippen molar-refractivity contribution in [3.05, 3.63) is 46.6 Å². The molecule has 4 heteroatoms. The molecule has 2 aromatic rings. The molecule has 3 nitrogen and oxygen atoms in total. The van der Waals surface area contributed by atoms with E-state index in [2.05, 4.69) is 20.9 Å². The number of nitrogen functional groups attached to an aromatic ring is 1. The first-order valence-corrected chi connectivity index (χ1v) is 5.60. The third-order valence-electron chi connectivity index (χ3n) is 2.05. The van der Waals surface area contributed by atoms with Gasteiger partial charge in [0.1, 0.15) is 5.75 Å². The van der Waals surface area contributed by atoms with E-state index in [1.165, 1.54) is 0 Å². The van der Waals surface area contributed by atoms with Crippen LogP contribution >= 0.6 is 15.9 Å². The molecule has 0 amide bonds. The molecule has 82 valence electrons. The summed E-state index contributed by atoms with van der Waals surface area (Å²) in [5, 5.41) is 0. The highest BCUT2D eigenvalue weighted by molar-refractivity contribution is 9.10. The van der Waals surface area contributed by atoms with Crippen molar-refractivity contribution in [2.24, 2.45) is 0 Å². The van der Waals surface area contributed by atoms with Gasteiger partial charge in [0.2, 0.25) is 5.88 Å². The highest BCUT2D eigenvalue weighted by Crippen LogP contribution is 2.27. The van der Waals surface area contributed by atoms with Crippen molar-refractivity contribution in [2.45, 2.75) is 6.92 Å². The molecule has 1 heterocycles. The molecule has 2 N–H and O–H groups in total. The number of aromatic nitrogens is 1. The fourth-order valence-corrected chi connectivity index (χ4v) is 1.67. The van der Waals surface area contributed by atoms with Gasteiger partial charge in [0.05, 0.1) is 5.69 Å². The molecule has 1 aromatic carbocycles. The first-order chi connectivity index (χ1) is 7.65. The summed E-state index contributed by atoms with van der Waals surface area (Å²) in [5.41, 5.74) is 7.43. The maximum absolute atomic E-state index is 5.79. The second-order valence-corrected chi connectivity index (χ2v) is 4.38. The Kier molecular flexibility index (Phi) is 3.10. The second kappa shape index (κ2) is 4.53. The van der Waals surface area contributed by atoms with Gasteiger partial charge in [0.25, 0.3) is 0 Å². The van der Waals surface area contributed by atoms with Crippen LogP contribution in [0.1, 0.15) is 5.56 Å². The molecule has 1 aromatic heterocycles. The Balaban J connectivity index is 2.27. The first-order valence-electron chi connectivity index (χ1n) is 4.81. The third kappa shape index (κ3) is 2.52. The van der Waals surface area contributed by atoms with Crippen LogP contribution in [0.4, 0.5) is 5.69 Å². The van der Waals surface area contributed by atoms with E-state index in [0.29, 0.717) is 11.6 Å². The van der Waals surface area contributed by atoms with Gasteiger partial charge in [-0.1, -0.05) is 12.1 Å². The Labute approximate surface area is 102 Å². The van der Waals surface area contributed by atoms with Gasteiger partial charge in [-0.25, -0.2) is 4.98 Å². The Morgan fingerprint density at radius 3 is 2.81 bits per heavy atom. The fourth-order valence-electron chi connectivity index (χ4n) is 1.32. The number of pyridine rings is 1. The van der Waals surface area contributed by atoms with Gasteiger partial charge >= 0.3 is 0 Å². The number of ether oxygens (including phenoxy) is 1. The topological polar surface area (TPSA) is 48.1 Å². The van der Waals surface area contributed by atoms with Crippen LogP contribution in [0.3, 0.4) is 0 Å². The monoisotopic (exact) mass is 278 g/mol. The van der Waals surface area contributed by atoms with E-state index in [0.717, 1.165) is 15.8 Å². The minimum atomic E-state index is 0.425. The van der Waals surface area contributed by atoms with Gasteiger partial charge in [0, 0.05) is 10.7 Å². The van der Waals surface area contributed by atoms with Crippen LogP contribution in [0, 0.1) is 6.92 Å². The summed E-state index contributed by atoms with van der Waals surface area (Å²) in [4.78, 5) is 4.11. The summed E-state index contributed by atoms with van der Waals surface area (Å²) in [7, 11) is 0. The fraction of sp³-hybridized carbons (Fsp3) is 0.0833. The first kappa shape index (κ1) is 11.0. The Morgan fingerprint density at radius 2 is 2.12 bits per heavy atom. The normalized spacial score (nSPS) is 10.1. The van der Waals surface area contributed by atoms with Crippen molar-refractivity contribution >= 4 is 21.6 Å². The number of aryl methyl sites for hydroxylation is 1.